The van der Waals surface area contributed by atoms with Crippen LogP contribution in [0.2, 0.25) is 0 Å². The third kappa shape index (κ3) is 5.35. The highest BCUT2D eigenvalue weighted by atomic mass is 14.8. The number of allylic oxidation sites excluding steroid dienone is 1. The molecule has 0 rings (SSSR count). The van der Waals surface area contributed by atoms with Gasteiger partial charge in [-0.1, -0.05) is 18.9 Å². The molecule has 10 heavy (non-hydrogen) atoms. The van der Waals surface area contributed by atoms with Crippen molar-refractivity contribution in [2.75, 3.05) is 0 Å². The summed E-state index contributed by atoms with van der Waals surface area (Å²) in [4.78, 5) is 3.98. The van der Waals surface area contributed by atoms with Gasteiger partial charge in [0.2, 0.25) is 0 Å². The standard InChI is InChI=1S/C8H16N2/c1-4-5-7(2)6-10-8(3)9/h6H,4-5H2,1-3H3,(H2,9,10)/b7-6-. The smallest absolute Gasteiger partial charge is 0.0957 e. The highest BCUT2D eigenvalue weighted by molar-refractivity contribution is 5.77. The first kappa shape index (κ1) is 9.21. The van der Waals surface area contributed by atoms with Gasteiger partial charge in [0.05, 0.1) is 5.84 Å². The third-order valence-corrected chi connectivity index (χ3v) is 1.13. The van der Waals surface area contributed by atoms with E-state index in [9.17, 15) is 0 Å². The summed E-state index contributed by atoms with van der Waals surface area (Å²) in [6.45, 7) is 6.00. The summed E-state index contributed by atoms with van der Waals surface area (Å²) in [5.74, 6) is 0.621. The first-order valence-corrected chi connectivity index (χ1v) is 3.62. The van der Waals surface area contributed by atoms with E-state index in [-0.39, 0.29) is 0 Å². The quantitative estimate of drug-likeness (QED) is 0.473. The average molecular weight is 140 g/mol. The first-order valence-electron chi connectivity index (χ1n) is 3.62. The Balaban J connectivity index is 3.79. The van der Waals surface area contributed by atoms with E-state index in [0.717, 1.165) is 6.42 Å². The second-order valence-corrected chi connectivity index (χ2v) is 2.50. The van der Waals surface area contributed by atoms with Gasteiger partial charge in [-0.2, -0.15) is 0 Å². The van der Waals surface area contributed by atoms with Crippen LogP contribution in [0.4, 0.5) is 0 Å². The van der Waals surface area contributed by atoms with Crippen molar-refractivity contribution >= 4 is 5.84 Å². The Hall–Kier alpha value is -0.790. The minimum absolute atomic E-state index is 0.621. The van der Waals surface area contributed by atoms with Crippen LogP contribution in [-0.2, 0) is 0 Å². The predicted octanol–water partition coefficient (Wildman–Crippen LogP) is 2.07. The van der Waals surface area contributed by atoms with Crippen LogP contribution in [0.3, 0.4) is 0 Å². The molecular formula is C8H16N2. The molecule has 2 heteroatoms. The van der Waals surface area contributed by atoms with Crippen LogP contribution in [0, 0.1) is 0 Å². The maximum atomic E-state index is 5.34. The van der Waals surface area contributed by atoms with E-state index in [1.165, 1.54) is 12.0 Å². The fourth-order valence-corrected chi connectivity index (χ4v) is 0.671. The highest BCUT2D eigenvalue weighted by Gasteiger charge is 1.84. The zero-order valence-corrected chi connectivity index (χ0v) is 7.02. The molecular weight excluding hydrogens is 124 g/mol. The van der Waals surface area contributed by atoms with Crippen LogP contribution < -0.4 is 5.73 Å². The Labute approximate surface area is 62.8 Å². The lowest BCUT2D eigenvalue weighted by molar-refractivity contribution is 0.901. The van der Waals surface area contributed by atoms with Gasteiger partial charge in [-0.15, -0.1) is 0 Å². The SMILES string of the molecule is CCC/C(C)=C\N=C(C)N. The minimum atomic E-state index is 0.621. The fourth-order valence-electron chi connectivity index (χ4n) is 0.671. The van der Waals surface area contributed by atoms with Crippen LogP contribution in [0.1, 0.15) is 33.6 Å². The molecule has 0 unspecified atom stereocenters. The second-order valence-electron chi connectivity index (χ2n) is 2.50. The molecule has 2 N–H and O–H groups in total. The zero-order valence-electron chi connectivity index (χ0n) is 7.02. The van der Waals surface area contributed by atoms with Gasteiger partial charge < -0.3 is 5.73 Å². The van der Waals surface area contributed by atoms with Gasteiger partial charge in [0.25, 0.3) is 0 Å². The molecule has 0 saturated carbocycles. The summed E-state index contributed by atoms with van der Waals surface area (Å²) in [5.41, 5.74) is 6.63. The van der Waals surface area contributed by atoms with Crippen molar-refractivity contribution in [1.29, 1.82) is 0 Å². The van der Waals surface area contributed by atoms with Gasteiger partial charge in [-0.3, -0.25) is 0 Å². The normalized spacial score (nSPS) is 13.9. The van der Waals surface area contributed by atoms with Crippen LogP contribution in [0.5, 0.6) is 0 Å². The average Bonchev–Trinajstić information content (AvgIpc) is 1.85. The maximum Gasteiger partial charge on any atom is 0.0957 e. The number of hydrogen-bond acceptors (Lipinski definition) is 1. The van der Waals surface area contributed by atoms with Gasteiger partial charge in [0.1, 0.15) is 0 Å². The Morgan fingerprint density at radius 2 is 2.10 bits per heavy atom. The van der Waals surface area contributed by atoms with Crippen molar-refractivity contribution in [2.24, 2.45) is 10.7 Å². The molecule has 0 radical (unpaired) electrons. The molecule has 0 aromatic rings. The molecule has 0 heterocycles. The third-order valence-electron chi connectivity index (χ3n) is 1.13. The summed E-state index contributed by atoms with van der Waals surface area (Å²) < 4.78 is 0. The molecule has 0 aromatic carbocycles. The van der Waals surface area contributed by atoms with E-state index in [1.54, 1.807) is 6.92 Å². The van der Waals surface area contributed by atoms with Crippen molar-refractivity contribution in [3.63, 3.8) is 0 Å². The van der Waals surface area contributed by atoms with Crippen molar-refractivity contribution < 1.29 is 0 Å². The van der Waals surface area contributed by atoms with Crippen LogP contribution in [0.15, 0.2) is 16.8 Å². The Bertz CT molecular complexity index is 141. The van der Waals surface area contributed by atoms with Gasteiger partial charge in [-0.05, 0) is 20.3 Å². The molecule has 0 spiro atoms. The van der Waals surface area contributed by atoms with E-state index in [1.807, 2.05) is 6.20 Å². The summed E-state index contributed by atoms with van der Waals surface area (Å²) in [5, 5.41) is 0. The summed E-state index contributed by atoms with van der Waals surface area (Å²) in [6, 6.07) is 0. The molecule has 58 valence electrons. The fraction of sp³-hybridized carbons (Fsp3) is 0.625. The van der Waals surface area contributed by atoms with E-state index >= 15 is 0 Å². The molecule has 0 bridgehead atoms. The lowest BCUT2D eigenvalue weighted by Crippen LogP contribution is -2.03. The van der Waals surface area contributed by atoms with E-state index in [4.69, 9.17) is 5.73 Å². The highest BCUT2D eigenvalue weighted by Crippen LogP contribution is 2.02. The summed E-state index contributed by atoms with van der Waals surface area (Å²) in [7, 11) is 0. The van der Waals surface area contributed by atoms with Crippen LogP contribution >= 0.6 is 0 Å². The Kier molecular flexibility index (Phi) is 4.63. The molecule has 0 atom stereocenters. The van der Waals surface area contributed by atoms with Crippen molar-refractivity contribution in [1.82, 2.24) is 0 Å². The van der Waals surface area contributed by atoms with Crippen molar-refractivity contribution in [2.45, 2.75) is 33.6 Å². The Morgan fingerprint density at radius 1 is 1.50 bits per heavy atom. The number of rotatable bonds is 3. The van der Waals surface area contributed by atoms with Gasteiger partial charge in [0, 0.05) is 6.20 Å². The van der Waals surface area contributed by atoms with Crippen molar-refractivity contribution in [3.05, 3.63) is 11.8 Å². The number of aliphatic imine (C=N–C) groups is 1. The van der Waals surface area contributed by atoms with Gasteiger partial charge in [-0.25, -0.2) is 4.99 Å². The number of nitrogens with zero attached hydrogens (tertiary/aromatic N) is 1. The van der Waals surface area contributed by atoms with Gasteiger partial charge >= 0.3 is 0 Å². The Morgan fingerprint density at radius 3 is 2.50 bits per heavy atom. The van der Waals surface area contributed by atoms with Crippen molar-refractivity contribution in [3.8, 4) is 0 Å². The maximum absolute atomic E-state index is 5.34. The molecule has 0 aliphatic heterocycles. The molecule has 0 aliphatic rings. The summed E-state index contributed by atoms with van der Waals surface area (Å²) in [6.07, 6.45) is 4.11. The summed E-state index contributed by atoms with van der Waals surface area (Å²) >= 11 is 0. The number of amidine groups is 1. The molecule has 0 fully saturated rings. The van der Waals surface area contributed by atoms with Crippen LogP contribution in [-0.4, -0.2) is 5.84 Å². The number of nitrogens with two attached hydrogens (primary N) is 1. The topological polar surface area (TPSA) is 38.4 Å². The molecule has 0 amide bonds. The molecule has 0 aliphatic carbocycles. The number of hydrogen-bond donors (Lipinski definition) is 1. The molecule has 0 aromatic heterocycles. The van der Waals surface area contributed by atoms with Gasteiger partial charge in [0.15, 0.2) is 0 Å². The van der Waals surface area contributed by atoms with E-state index in [2.05, 4.69) is 18.8 Å². The van der Waals surface area contributed by atoms with Crippen LogP contribution in [0.25, 0.3) is 0 Å². The lowest BCUT2D eigenvalue weighted by atomic mass is 10.2. The molecule has 2 nitrogen and oxygen atoms in total. The van der Waals surface area contributed by atoms with E-state index < -0.39 is 0 Å². The second kappa shape index (κ2) is 5.03. The molecule has 0 saturated heterocycles. The largest absolute Gasteiger partial charge is 0.387 e. The minimum Gasteiger partial charge on any atom is -0.387 e. The first-order chi connectivity index (χ1) is 4.66. The monoisotopic (exact) mass is 140 g/mol. The van der Waals surface area contributed by atoms with E-state index in [0.29, 0.717) is 5.84 Å². The zero-order chi connectivity index (χ0) is 7.98. The predicted molar refractivity (Wildman–Crippen MR) is 46.0 cm³/mol. The lowest BCUT2D eigenvalue weighted by Gasteiger charge is -1.93.